The van der Waals surface area contributed by atoms with E-state index in [1.54, 1.807) is 0 Å². The number of aliphatic hydroxyl groups excluding tert-OH is 1. The van der Waals surface area contributed by atoms with Crippen molar-refractivity contribution < 1.29 is 24.9 Å². The first-order valence-corrected chi connectivity index (χ1v) is 6.89. The van der Waals surface area contributed by atoms with E-state index in [2.05, 4.69) is 0 Å². The molecule has 1 aliphatic rings. The Bertz CT molecular complexity index is 508. The molecule has 1 atom stereocenters. The second kappa shape index (κ2) is 6.13. The Morgan fingerprint density at radius 3 is 2.19 bits per heavy atom. The predicted octanol–water partition coefficient (Wildman–Crippen LogP) is 1.53. The number of carboxylic acid groups (broad SMARTS) is 2. The van der Waals surface area contributed by atoms with Crippen LogP contribution >= 0.6 is 0 Å². The van der Waals surface area contributed by atoms with Gasteiger partial charge in [0.25, 0.3) is 0 Å². The number of aliphatic hydroxyl groups is 1. The minimum absolute atomic E-state index is 0.293. The molecule has 6 heteroatoms. The SMILES string of the molecule is O=C(O)CC(O)C1(c2ccccc2)CCN(C(=O)O)CC1. The maximum atomic E-state index is 11.0. The molecule has 1 fully saturated rings. The zero-order chi connectivity index (χ0) is 15.5. The van der Waals surface area contributed by atoms with Gasteiger partial charge in [0.1, 0.15) is 0 Å². The van der Waals surface area contributed by atoms with Crippen molar-refractivity contribution in [1.29, 1.82) is 0 Å². The van der Waals surface area contributed by atoms with E-state index in [4.69, 9.17) is 10.2 Å². The third-order valence-corrected chi connectivity index (χ3v) is 4.28. The Kier molecular flexibility index (Phi) is 4.47. The summed E-state index contributed by atoms with van der Waals surface area (Å²) in [6.07, 6.45) is -1.53. The molecule has 114 valence electrons. The van der Waals surface area contributed by atoms with Crippen molar-refractivity contribution in [2.45, 2.75) is 30.8 Å². The number of amides is 1. The zero-order valence-electron chi connectivity index (χ0n) is 11.6. The van der Waals surface area contributed by atoms with E-state index < -0.39 is 23.6 Å². The van der Waals surface area contributed by atoms with Gasteiger partial charge in [-0.25, -0.2) is 4.79 Å². The van der Waals surface area contributed by atoms with E-state index in [1.165, 1.54) is 4.90 Å². The Hall–Kier alpha value is -2.08. The summed E-state index contributed by atoms with van der Waals surface area (Å²) in [4.78, 5) is 23.3. The van der Waals surface area contributed by atoms with Crippen molar-refractivity contribution >= 4 is 12.1 Å². The molecular weight excluding hydrogens is 274 g/mol. The summed E-state index contributed by atoms with van der Waals surface area (Å²) in [6.45, 7) is 0.585. The van der Waals surface area contributed by atoms with Gasteiger partial charge in [-0.15, -0.1) is 0 Å². The molecule has 1 aliphatic heterocycles. The van der Waals surface area contributed by atoms with Crippen LogP contribution in [0.3, 0.4) is 0 Å². The highest BCUT2D eigenvalue weighted by atomic mass is 16.4. The third-order valence-electron chi connectivity index (χ3n) is 4.28. The van der Waals surface area contributed by atoms with Crippen molar-refractivity contribution in [1.82, 2.24) is 4.90 Å². The molecule has 2 rings (SSSR count). The Morgan fingerprint density at radius 2 is 1.71 bits per heavy atom. The van der Waals surface area contributed by atoms with Crippen LogP contribution in [0.4, 0.5) is 4.79 Å². The van der Waals surface area contributed by atoms with Gasteiger partial charge in [0, 0.05) is 18.5 Å². The van der Waals surface area contributed by atoms with Gasteiger partial charge < -0.3 is 20.2 Å². The van der Waals surface area contributed by atoms with Crippen molar-refractivity contribution in [3.63, 3.8) is 0 Å². The smallest absolute Gasteiger partial charge is 0.407 e. The van der Waals surface area contributed by atoms with Crippen molar-refractivity contribution in [3.8, 4) is 0 Å². The van der Waals surface area contributed by atoms with Crippen molar-refractivity contribution in [3.05, 3.63) is 35.9 Å². The van der Waals surface area contributed by atoms with Gasteiger partial charge in [0.05, 0.1) is 12.5 Å². The van der Waals surface area contributed by atoms with Crippen LogP contribution in [-0.4, -0.2) is 51.5 Å². The lowest BCUT2D eigenvalue weighted by Gasteiger charge is -2.44. The summed E-state index contributed by atoms with van der Waals surface area (Å²) < 4.78 is 0. The van der Waals surface area contributed by atoms with Gasteiger partial charge in [-0.05, 0) is 18.4 Å². The maximum absolute atomic E-state index is 11.0. The molecule has 0 radical (unpaired) electrons. The van der Waals surface area contributed by atoms with Gasteiger partial charge in [0.2, 0.25) is 0 Å². The molecule has 3 N–H and O–H groups in total. The van der Waals surface area contributed by atoms with Crippen LogP contribution in [0.15, 0.2) is 30.3 Å². The van der Waals surface area contributed by atoms with Crippen LogP contribution in [0, 0.1) is 0 Å². The zero-order valence-corrected chi connectivity index (χ0v) is 11.6. The highest BCUT2D eigenvalue weighted by Crippen LogP contribution is 2.39. The molecule has 1 unspecified atom stereocenters. The van der Waals surface area contributed by atoms with Crippen LogP contribution in [0.5, 0.6) is 0 Å². The number of carbonyl (C=O) groups is 2. The normalized spacial score (nSPS) is 19.0. The number of piperidine rings is 1. The minimum atomic E-state index is -1.06. The number of benzene rings is 1. The summed E-state index contributed by atoms with van der Waals surface area (Å²) in [5.41, 5.74) is 0.162. The van der Waals surface area contributed by atoms with Crippen LogP contribution in [0.1, 0.15) is 24.8 Å². The minimum Gasteiger partial charge on any atom is -0.481 e. The summed E-state index contributed by atoms with van der Waals surface area (Å²) in [6, 6.07) is 9.26. The second-order valence-corrected chi connectivity index (χ2v) is 5.41. The van der Waals surface area contributed by atoms with E-state index in [1.807, 2.05) is 30.3 Å². The Labute approximate surface area is 122 Å². The quantitative estimate of drug-likeness (QED) is 0.782. The average Bonchev–Trinajstić information content (AvgIpc) is 2.47. The molecule has 0 aromatic heterocycles. The molecule has 0 saturated carbocycles. The Morgan fingerprint density at radius 1 is 1.14 bits per heavy atom. The van der Waals surface area contributed by atoms with Crippen LogP contribution < -0.4 is 0 Å². The monoisotopic (exact) mass is 293 g/mol. The lowest BCUT2D eigenvalue weighted by atomic mass is 9.68. The van der Waals surface area contributed by atoms with Crippen LogP contribution in [0.25, 0.3) is 0 Å². The topological polar surface area (TPSA) is 98.1 Å². The maximum Gasteiger partial charge on any atom is 0.407 e. The van der Waals surface area contributed by atoms with E-state index in [-0.39, 0.29) is 6.42 Å². The molecule has 1 saturated heterocycles. The number of carboxylic acids is 1. The highest BCUT2D eigenvalue weighted by molar-refractivity contribution is 5.68. The molecule has 1 aromatic rings. The molecule has 1 aromatic carbocycles. The van der Waals surface area contributed by atoms with Crippen LogP contribution in [-0.2, 0) is 10.2 Å². The fourth-order valence-corrected chi connectivity index (χ4v) is 3.04. The highest BCUT2D eigenvalue weighted by Gasteiger charge is 2.43. The number of likely N-dealkylation sites (tertiary alicyclic amines) is 1. The summed E-state index contributed by atoms with van der Waals surface area (Å²) in [5.74, 6) is -1.06. The number of hydrogen-bond donors (Lipinski definition) is 3. The Balaban J connectivity index is 2.28. The fourth-order valence-electron chi connectivity index (χ4n) is 3.04. The number of aliphatic carboxylic acids is 1. The molecule has 0 spiro atoms. The van der Waals surface area contributed by atoms with Gasteiger partial charge in [-0.1, -0.05) is 30.3 Å². The van der Waals surface area contributed by atoms with E-state index in [0.717, 1.165) is 5.56 Å². The molecule has 0 bridgehead atoms. The van der Waals surface area contributed by atoms with Gasteiger partial charge >= 0.3 is 12.1 Å². The van der Waals surface area contributed by atoms with Gasteiger partial charge in [-0.2, -0.15) is 0 Å². The summed E-state index contributed by atoms with van der Waals surface area (Å²) >= 11 is 0. The molecular formula is C15H19NO5. The number of nitrogens with zero attached hydrogens (tertiary/aromatic N) is 1. The second-order valence-electron chi connectivity index (χ2n) is 5.41. The lowest BCUT2D eigenvalue weighted by molar-refractivity contribution is -0.140. The number of hydrogen-bond acceptors (Lipinski definition) is 3. The lowest BCUT2D eigenvalue weighted by Crippen LogP contribution is -2.51. The third kappa shape index (κ3) is 3.16. The molecule has 1 heterocycles. The predicted molar refractivity (Wildman–Crippen MR) is 75.2 cm³/mol. The molecule has 0 aliphatic carbocycles. The standard InChI is InChI=1S/C15H19NO5/c17-12(10-13(18)19)15(11-4-2-1-3-5-11)6-8-16(9-7-15)14(20)21/h1-5,12,17H,6-10H2,(H,18,19)(H,20,21). The molecule has 1 amide bonds. The molecule has 21 heavy (non-hydrogen) atoms. The van der Waals surface area contributed by atoms with Crippen molar-refractivity contribution in [2.75, 3.05) is 13.1 Å². The first kappa shape index (κ1) is 15.3. The van der Waals surface area contributed by atoms with E-state index >= 15 is 0 Å². The molecule has 6 nitrogen and oxygen atoms in total. The van der Waals surface area contributed by atoms with E-state index in [9.17, 15) is 14.7 Å². The first-order chi connectivity index (χ1) is 9.95. The van der Waals surface area contributed by atoms with Gasteiger partial charge in [0.15, 0.2) is 0 Å². The first-order valence-electron chi connectivity index (χ1n) is 6.89. The number of rotatable bonds is 4. The summed E-state index contributed by atoms with van der Waals surface area (Å²) in [7, 11) is 0. The summed E-state index contributed by atoms with van der Waals surface area (Å²) in [5, 5.41) is 28.4. The van der Waals surface area contributed by atoms with E-state index in [0.29, 0.717) is 25.9 Å². The largest absolute Gasteiger partial charge is 0.481 e. The van der Waals surface area contributed by atoms with Crippen LogP contribution in [0.2, 0.25) is 0 Å². The fraction of sp³-hybridized carbons (Fsp3) is 0.467. The average molecular weight is 293 g/mol. The van der Waals surface area contributed by atoms with Gasteiger partial charge in [-0.3, -0.25) is 4.79 Å². The van der Waals surface area contributed by atoms with Crippen molar-refractivity contribution in [2.24, 2.45) is 0 Å².